The maximum atomic E-state index is 14.4. The van der Waals surface area contributed by atoms with Crippen LogP contribution in [0.3, 0.4) is 0 Å². The summed E-state index contributed by atoms with van der Waals surface area (Å²) in [5, 5.41) is 23.6. The topological polar surface area (TPSA) is 106 Å². The highest BCUT2D eigenvalue weighted by Gasteiger charge is 2.46. The van der Waals surface area contributed by atoms with Crippen LogP contribution in [0.1, 0.15) is 38.1 Å². The molecular formula is C41H30N4O4S3. The van der Waals surface area contributed by atoms with Crippen molar-refractivity contribution in [3.63, 3.8) is 0 Å². The number of anilines is 1. The van der Waals surface area contributed by atoms with Crippen LogP contribution in [0.15, 0.2) is 143 Å². The van der Waals surface area contributed by atoms with Crippen LogP contribution in [0.2, 0.25) is 0 Å². The van der Waals surface area contributed by atoms with Gasteiger partial charge in [0.25, 0.3) is 5.91 Å². The number of thioether (sulfide) groups is 1. The molecule has 256 valence electrons. The molecular weight excluding hydrogens is 709 g/mol. The molecule has 3 heterocycles. The Bertz CT molecular complexity index is 2440. The lowest BCUT2D eigenvalue weighted by molar-refractivity contribution is -0.117. The second-order valence-electron chi connectivity index (χ2n) is 12.1. The predicted octanol–water partition coefficient (Wildman–Crippen LogP) is 9.78. The Morgan fingerprint density at radius 2 is 1.56 bits per heavy atom. The molecule has 0 bridgehead atoms. The number of aliphatic hydroxyl groups excluding tert-OH is 1. The zero-order valence-corrected chi connectivity index (χ0v) is 30.3. The van der Waals surface area contributed by atoms with Gasteiger partial charge in [0.05, 0.1) is 22.2 Å². The van der Waals surface area contributed by atoms with Gasteiger partial charge in [-0.15, -0.1) is 21.5 Å². The average Bonchev–Trinajstić information content (AvgIpc) is 3.89. The van der Waals surface area contributed by atoms with Gasteiger partial charge in [-0.05, 0) is 46.5 Å². The monoisotopic (exact) mass is 738 g/mol. The number of rotatable bonds is 11. The summed E-state index contributed by atoms with van der Waals surface area (Å²) in [6.07, 6.45) is 0. The van der Waals surface area contributed by atoms with E-state index in [-0.39, 0.29) is 10.7 Å². The number of nitrogens with zero attached hydrogens (tertiary/aromatic N) is 4. The van der Waals surface area contributed by atoms with Crippen LogP contribution in [0.4, 0.5) is 5.13 Å². The molecule has 7 aromatic rings. The van der Waals surface area contributed by atoms with E-state index in [0.29, 0.717) is 43.6 Å². The quantitative estimate of drug-likeness (QED) is 0.0795. The van der Waals surface area contributed by atoms with Crippen molar-refractivity contribution in [2.45, 2.75) is 29.7 Å². The van der Waals surface area contributed by atoms with Crippen LogP contribution in [-0.2, 0) is 17.2 Å². The molecule has 1 N–H and O–H groups in total. The van der Waals surface area contributed by atoms with E-state index in [1.807, 2.05) is 91.0 Å². The Hall–Kier alpha value is -5.62. The fraction of sp³-hybridized carbons (Fsp3) is 0.0976. The second kappa shape index (κ2) is 14.5. The van der Waals surface area contributed by atoms with Gasteiger partial charge in [0, 0.05) is 11.3 Å². The van der Waals surface area contributed by atoms with Gasteiger partial charge in [-0.25, -0.2) is 4.98 Å². The number of carbonyl (C=O) groups is 2. The maximum absolute atomic E-state index is 14.4. The maximum Gasteiger partial charge on any atom is 0.296 e. The summed E-state index contributed by atoms with van der Waals surface area (Å²) in [4.78, 5) is 34.8. The largest absolute Gasteiger partial charge is 0.503 e. The number of amides is 1. The van der Waals surface area contributed by atoms with Crippen molar-refractivity contribution < 1.29 is 19.4 Å². The first kappa shape index (κ1) is 33.5. The summed E-state index contributed by atoms with van der Waals surface area (Å²) < 4.78 is 6.68. The van der Waals surface area contributed by atoms with Gasteiger partial charge in [0.1, 0.15) is 17.4 Å². The van der Waals surface area contributed by atoms with E-state index in [9.17, 15) is 14.7 Å². The first-order valence-corrected chi connectivity index (χ1v) is 19.1. The SMILES string of the molecule is Cc1nc(-c2ccccc2)sc1C(=O)C1=C(O)C(=O)N(c2nnc(SCc3cccc4ccccc34)s2)[C@H]1c1ccc(OCc2ccccc2)cc1. The number of hydrogen-bond acceptors (Lipinski definition) is 10. The Morgan fingerprint density at radius 3 is 2.35 bits per heavy atom. The fourth-order valence-corrected chi connectivity index (χ4v) is 9.08. The van der Waals surface area contributed by atoms with Crippen LogP contribution in [0.25, 0.3) is 21.3 Å². The van der Waals surface area contributed by atoms with E-state index in [4.69, 9.17) is 4.74 Å². The minimum absolute atomic E-state index is 0.0329. The molecule has 0 unspecified atom stereocenters. The highest BCUT2D eigenvalue weighted by Crippen LogP contribution is 2.45. The lowest BCUT2D eigenvalue weighted by atomic mass is 9.95. The number of hydrogen-bond donors (Lipinski definition) is 1. The number of thiazole rings is 1. The average molecular weight is 739 g/mol. The molecule has 0 saturated heterocycles. The third-order valence-corrected chi connectivity index (χ3v) is 12.1. The standard InChI is InChI=1S/C41H30N4O4S3/c1-25-37(51-38(42-25)29-14-6-3-7-15-29)35(46)33-34(28-19-21-31(22-20-28)49-23-26-11-4-2-5-12-26)45(39(48)36(33)47)40-43-44-41(52-40)50-24-30-17-10-16-27-13-8-9-18-32(27)30/h2-22,34,47H,23-24H2,1H3/t34-/m0/s1. The first-order valence-electron chi connectivity index (χ1n) is 16.5. The molecule has 52 heavy (non-hydrogen) atoms. The molecule has 8 nitrogen and oxygen atoms in total. The molecule has 2 aromatic heterocycles. The van der Waals surface area contributed by atoms with Gasteiger partial charge in [0.2, 0.25) is 10.9 Å². The summed E-state index contributed by atoms with van der Waals surface area (Å²) in [7, 11) is 0. The summed E-state index contributed by atoms with van der Waals surface area (Å²) in [6.45, 7) is 2.15. The molecule has 0 saturated carbocycles. The molecule has 5 aromatic carbocycles. The van der Waals surface area contributed by atoms with Crippen molar-refractivity contribution in [1.82, 2.24) is 15.2 Å². The molecule has 1 atom stereocenters. The number of fused-ring (bicyclic) bond motifs is 1. The third-order valence-electron chi connectivity index (χ3n) is 8.75. The number of aliphatic hydroxyl groups is 1. The van der Waals surface area contributed by atoms with Crippen LogP contribution in [0.5, 0.6) is 5.75 Å². The number of Topliss-reactive ketones (excluding diaryl/α,β-unsaturated/α-hetero) is 1. The van der Waals surface area contributed by atoms with E-state index < -0.39 is 23.5 Å². The highest BCUT2D eigenvalue weighted by molar-refractivity contribution is 8.00. The minimum atomic E-state index is -0.964. The number of aromatic nitrogens is 3. The van der Waals surface area contributed by atoms with E-state index in [1.54, 1.807) is 19.1 Å². The number of aryl methyl sites for hydroxylation is 1. The summed E-state index contributed by atoms with van der Waals surface area (Å²) in [5.74, 6) is -0.522. The predicted molar refractivity (Wildman–Crippen MR) is 207 cm³/mol. The van der Waals surface area contributed by atoms with Crippen molar-refractivity contribution in [3.05, 3.63) is 166 Å². The molecule has 1 amide bonds. The van der Waals surface area contributed by atoms with E-state index in [0.717, 1.165) is 22.1 Å². The summed E-state index contributed by atoms with van der Waals surface area (Å²) in [5.41, 5.74) is 4.16. The smallest absolute Gasteiger partial charge is 0.296 e. The van der Waals surface area contributed by atoms with Crippen molar-refractivity contribution >= 4 is 62.0 Å². The van der Waals surface area contributed by atoms with Crippen LogP contribution >= 0.6 is 34.4 Å². The fourth-order valence-electron chi connectivity index (χ4n) is 6.19. The number of ether oxygens (including phenoxy) is 1. The first-order chi connectivity index (χ1) is 25.4. The molecule has 0 spiro atoms. The second-order valence-corrected chi connectivity index (χ2v) is 15.3. The molecule has 0 fully saturated rings. The summed E-state index contributed by atoms with van der Waals surface area (Å²) >= 11 is 4.00. The number of ketones is 1. The minimum Gasteiger partial charge on any atom is -0.503 e. The van der Waals surface area contributed by atoms with Gasteiger partial charge in [0.15, 0.2) is 10.1 Å². The lowest BCUT2D eigenvalue weighted by Crippen LogP contribution is -2.31. The van der Waals surface area contributed by atoms with Gasteiger partial charge in [-0.1, -0.05) is 138 Å². The van der Waals surface area contributed by atoms with Crippen molar-refractivity contribution in [3.8, 4) is 16.3 Å². The highest BCUT2D eigenvalue weighted by atomic mass is 32.2. The zero-order chi connectivity index (χ0) is 35.6. The zero-order valence-electron chi connectivity index (χ0n) is 27.8. The van der Waals surface area contributed by atoms with Crippen LogP contribution < -0.4 is 9.64 Å². The number of benzene rings is 5. The molecule has 0 aliphatic carbocycles. The molecule has 8 rings (SSSR count). The molecule has 1 aliphatic rings. The van der Waals surface area contributed by atoms with Gasteiger partial charge < -0.3 is 9.84 Å². The summed E-state index contributed by atoms with van der Waals surface area (Å²) in [6, 6.07) is 40.1. The Morgan fingerprint density at radius 1 is 0.846 bits per heavy atom. The van der Waals surface area contributed by atoms with E-state index >= 15 is 0 Å². The van der Waals surface area contributed by atoms with Crippen LogP contribution in [-0.4, -0.2) is 32.0 Å². The van der Waals surface area contributed by atoms with Crippen molar-refractivity contribution in [2.75, 3.05) is 4.90 Å². The normalized spacial score (nSPS) is 14.4. The van der Waals surface area contributed by atoms with Gasteiger partial charge in [-0.3, -0.25) is 14.5 Å². The Balaban J connectivity index is 1.12. The van der Waals surface area contributed by atoms with E-state index in [1.165, 1.54) is 44.7 Å². The van der Waals surface area contributed by atoms with Gasteiger partial charge >= 0.3 is 0 Å². The van der Waals surface area contributed by atoms with Crippen molar-refractivity contribution in [2.24, 2.45) is 0 Å². The molecule has 11 heteroatoms. The molecule has 1 aliphatic heterocycles. The third kappa shape index (κ3) is 6.61. The Labute approximate surface area is 312 Å². The lowest BCUT2D eigenvalue weighted by Gasteiger charge is -2.24. The van der Waals surface area contributed by atoms with Gasteiger partial charge in [-0.2, -0.15) is 0 Å². The Kier molecular flexibility index (Phi) is 9.38. The number of carbonyl (C=O) groups excluding carboxylic acids is 2. The van der Waals surface area contributed by atoms with Crippen molar-refractivity contribution in [1.29, 1.82) is 0 Å². The molecule has 0 radical (unpaired) electrons. The van der Waals surface area contributed by atoms with E-state index in [2.05, 4.69) is 39.4 Å². The van der Waals surface area contributed by atoms with Crippen LogP contribution in [0, 0.1) is 6.92 Å².